The van der Waals surface area contributed by atoms with Gasteiger partial charge in [0.2, 0.25) is 0 Å². The lowest BCUT2D eigenvalue weighted by atomic mass is 9.95. The van der Waals surface area contributed by atoms with Crippen LogP contribution in [0.3, 0.4) is 0 Å². The number of rotatable bonds is 2. The van der Waals surface area contributed by atoms with E-state index in [-0.39, 0.29) is 0 Å². The summed E-state index contributed by atoms with van der Waals surface area (Å²) in [5.41, 5.74) is 17.7. The average Bonchev–Trinajstić information content (AvgIpc) is 3.65. The molecule has 0 bridgehead atoms. The molecule has 0 radical (unpaired) electrons. The summed E-state index contributed by atoms with van der Waals surface area (Å²) in [6.07, 6.45) is 0. The first-order valence-corrected chi connectivity index (χ1v) is 17.7. The molecule has 11 rings (SSSR count). The molecule has 7 aromatic carbocycles. The number of aromatic nitrogens is 2. The van der Waals surface area contributed by atoms with E-state index in [1.165, 1.54) is 92.0 Å². The number of hydrogen-bond acceptors (Lipinski definition) is 2. The fourth-order valence-corrected chi connectivity index (χ4v) is 9.80. The van der Waals surface area contributed by atoms with E-state index in [0.717, 1.165) is 22.2 Å². The van der Waals surface area contributed by atoms with Crippen molar-refractivity contribution in [3.05, 3.63) is 144 Å². The quantitative estimate of drug-likeness (QED) is 0.171. The summed E-state index contributed by atoms with van der Waals surface area (Å²) in [6, 6.07) is 46.6. The normalized spacial score (nSPS) is 12.4. The zero-order valence-electron chi connectivity index (χ0n) is 27.3. The molecule has 49 heavy (non-hydrogen) atoms. The summed E-state index contributed by atoms with van der Waals surface area (Å²) >= 11 is 1.89. The van der Waals surface area contributed by atoms with E-state index in [9.17, 15) is 0 Å². The third-order valence-electron chi connectivity index (χ3n) is 10.7. The lowest BCUT2D eigenvalue weighted by Crippen LogP contribution is -1.92. The molecule has 0 aliphatic carbocycles. The van der Waals surface area contributed by atoms with Gasteiger partial charge in [-0.05, 0) is 96.1 Å². The number of fused-ring (bicyclic) bond motifs is 12. The fraction of sp³-hybridized carbons (Fsp3) is 0.0667. The van der Waals surface area contributed by atoms with E-state index >= 15 is 0 Å². The van der Waals surface area contributed by atoms with Crippen molar-refractivity contribution in [3.8, 4) is 22.3 Å². The van der Waals surface area contributed by atoms with Gasteiger partial charge in [0.1, 0.15) is 0 Å². The van der Waals surface area contributed by atoms with Gasteiger partial charge in [-0.2, -0.15) is 0 Å². The highest BCUT2D eigenvalue weighted by molar-refractivity contribution is 7.25. The van der Waals surface area contributed by atoms with Crippen molar-refractivity contribution in [3.63, 3.8) is 0 Å². The standard InChI is InChI=1S/C45H30N2OS/c1-25-11-4-5-14-30(25)28-19-21-32-35(23-28)46-33-15-6-8-17-37(33)48-44-40-31-22-20-29(39-26(2)12-10-13-27(39)3)24-36(31)47-34-16-7-9-18-38(34)49-45(43(40)47)41(32)42(44)46/h4-24H,1-3H3. The van der Waals surface area contributed by atoms with Gasteiger partial charge in [-0.15, -0.1) is 11.3 Å². The molecule has 11 aromatic rings. The maximum atomic E-state index is 7.07. The van der Waals surface area contributed by atoms with E-state index < -0.39 is 0 Å². The molecule has 3 nitrogen and oxygen atoms in total. The van der Waals surface area contributed by atoms with Crippen LogP contribution in [0, 0.1) is 20.8 Å². The zero-order chi connectivity index (χ0) is 32.5. The molecule has 0 spiro atoms. The minimum absolute atomic E-state index is 0.877. The van der Waals surface area contributed by atoms with Crippen LogP contribution >= 0.6 is 11.3 Å². The predicted octanol–water partition coefficient (Wildman–Crippen LogP) is 13.0. The molecule has 4 heteroatoms. The maximum Gasteiger partial charge on any atom is 0.162 e. The number of hydrogen-bond donors (Lipinski definition) is 0. The second-order valence-electron chi connectivity index (χ2n) is 13.5. The highest BCUT2D eigenvalue weighted by Crippen LogP contribution is 2.50. The Morgan fingerprint density at radius 3 is 1.96 bits per heavy atom. The Morgan fingerprint density at radius 2 is 1.14 bits per heavy atom. The van der Waals surface area contributed by atoms with Crippen LogP contribution in [0.25, 0.3) is 97.5 Å². The van der Waals surface area contributed by atoms with Crippen molar-refractivity contribution in [1.82, 2.24) is 8.80 Å². The van der Waals surface area contributed by atoms with Crippen molar-refractivity contribution < 1.29 is 4.42 Å². The van der Waals surface area contributed by atoms with E-state index in [1.807, 2.05) is 11.3 Å². The van der Waals surface area contributed by atoms with Gasteiger partial charge >= 0.3 is 0 Å². The number of aryl methyl sites for hydroxylation is 3. The van der Waals surface area contributed by atoms with Crippen LogP contribution in [-0.4, -0.2) is 8.80 Å². The Morgan fingerprint density at radius 1 is 0.510 bits per heavy atom. The van der Waals surface area contributed by atoms with E-state index in [2.05, 4.69) is 157 Å². The van der Waals surface area contributed by atoms with Gasteiger partial charge < -0.3 is 13.2 Å². The van der Waals surface area contributed by atoms with Gasteiger partial charge in [0.15, 0.2) is 11.2 Å². The lowest BCUT2D eigenvalue weighted by Gasteiger charge is -2.12. The summed E-state index contributed by atoms with van der Waals surface area (Å²) in [5, 5.41) is 4.87. The number of benzene rings is 7. The third-order valence-corrected chi connectivity index (χ3v) is 11.9. The van der Waals surface area contributed by atoms with Crippen LogP contribution < -0.4 is 0 Å². The second kappa shape index (κ2) is 9.62. The van der Waals surface area contributed by atoms with Crippen LogP contribution in [0.2, 0.25) is 0 Å². The van der Waals surface area contributed by atoms with Gasteiger partial charge in [-0.25, -0.2) is 0 Å². The van der Waals surface area contributed by atoms with Crippen molar-refractivity contribution in [2.45, 2.75) is 20.8 Å². The van der Waals surface area contributed by atoms with Gasteiger partial charge in [0, 0.05) is 16.2 Å². The van der Waals surface area contributed by atoms with Crippen LogP contribution in [0.5, 0.6) is 0 Å². The first kappa shape index (κ1) is 27.1. The summed E-state index contributed by atoms with van der Waals surface area (Å²) in [7, 11) is 0. The van der Waals surface area contributed by atoms with Crippen LogP contribution in [0.1, 0.15) is 16.7 Å². The first-order chi connectivity index (χ1) is 24.1. The largest absolute Gasteiger partial charge is 0.452 e. The molecular weight excluding hydrogens is 617 g/mol. The molecule has 4 heterocycles. The Kier molecular flexibility index (Phi) is 5.33. The summed E-state index contributed by atoms with van der Waals surface area (Å²) in [6.45, 7) is 6.62. The predicted molar refractivity (Wildman–Crippen MR) is 209 cm³/mol. The summed E-state index contributed by atoms with van der Waals surface area (Å²) in [4.78, 5) is 0. The van der Waals surface area contributed by atoms with Crippen molar-refractivity contribution in [2.75, 3.05) is 0 Å². The molecule has 232 valence electrons. The Balaban J connectivity index is 1.40. The molecule has 0 saturated carbocycles. The molecule has 0 amide bonds. The molecule has 0 N–H and O–H groups in total. The highest BCUT2D eigenvalue weighted by atomic mass is 32.1. The van der Waals surface area contributed by atoms with Crippen LogP contribution in [-0.2, 0) is 0 Å². The lowest BCUT2D eigenvalue weighted by molar-refractivity contribution is 0.660. The Hall–Kier alpha value is -5.84. The summed E-state index contributed by atoms with van der Waals surface area (Å²) < 4.78 is 14.6. The maximum absolute atomic E-state index is 7.07. The van der Waals surface area contributed by atoms with Crippen molar-refractivity contribution >= 4 is 86.5 Å². The topological polar surface area (TPSA) is 22.0 Å². The second-order valence-corrected chi connectivity index (χ2v) is 14.5. The van der Waals surface area contributed by atoms with Gasteiger partial charge in [0.05, 0.1) is 47.9 Å². The van der Waals surface area contributed by atoms with Gasteiger partial charge in [-0.3, -0.25) is 0 Å². The minimum Gasteiger partial charge on any atom is -0.452 e. The monoisotopic (exact) mass is 646 g/mol. The Labute approximate surface area is 285 Å². The molecule has 0 atom stereocenters. The van der Waals surface area contributed by atoms with Crippen molar-refractivity contribution in [2.24, 2.45) is 0 Å². The average molecular weight is 647 g/mol. The zero-order valence-corrected chi connectivity index (χ0v) is 28.2. The SMILES string of the molecule is Cc1ccccc1-c1ccc2c3c4sc5ccccc5n5c6cc(-c7c(C)cccc7C)ccc6c(c6oc7ccccc7n(c2c1)c63)c45. The summed E-state index contributed by atoms with van der Waals surface area (Å²) in [5.74, 6) is 0. The smallest absolute Gasteiger partial charge is 0.162 e. The molecule has 0 saturated heterocycles. The number of para-hydroxylation sites is 3. The van der Waals surface area contributed by atoms with Gasteiger partial charge in [-0.1, -0.05) is 91.0 Å². The molecule has 0 fully saturated rings. The minimum atomic E-state index is 0.877. The third kappa shape index (κ3) is 3.51. The van der Waals surface area contributed by atoms with E-state index in [1.54, 1.807) is 0 Å². The van der Waals surface area contributed by atoms with Crippen molar-refractivity contribution in [1.29, 1.82) is 0 Å². The Bertz CT molecular complexity index is 3180. The van der Waals surface area contributed by atoms with E-state index in [4.69, 9.17) is 4.42 Å². The first-order valence-electron chi connectivity index (χ1n) is 16.9. The molecule has 0 aliphatic heterocycles. The fourth-order valence-electron chi connectivity index (χ4n) is 8.57. The van der Waals surface area contributed by atoms with Crippen LogP contribution in [0.4, 0.5) is 0 Å². The number of nitrogens with zero attached hydrogens (tertiary/aromatic N) is 2. The van der Waals surface area contributed by atoms with Crippen LogP contribution in [0.15, 0.2) is 132 Å². The highest BCUT2D eigenvalue weighted by Gasteiger charge is 2.27. The van der Waals surface area contributed by atoms with E-state index in [0.29, 0.717) is 0 Å². The van der Waals surface area contributed by atoms with Gasteiger partial charge in [0.25, 0.3) is 0 Å². The molecule has 4 aromatic heterocycles. The molecule has 0 aliphatic rings. The molecular formula is C45H30N2OS. The molecule has 0 unspecified atom stereocenters.